The van der Waals surface area contributed by atoms with Crippen LogP contribution in [-0.2, 0) is 9.63 Å². The molecule has 0 aliphatic carbocycles. The monoisotopic (exact) mass is 410 g/mol. The third kappa shape index (κ3) is 3.83. The van der Waals surface area contributed by atoms with E-state index in [0.29, 0.717) is 27.2 Å². The first-order chi connectivity index (χ1) is 14.0. The zero-order chi connectivity index (χ0) is 20.4. The largest absolute Gasteiger partial charge is 0.481 e. The molecule has 29 heavy (non-hydrogen) atoms. The van der Waals surface area contributed by atoms with E-state index in [9.17, 15) is 9.70 Å². The SMILES string of the molecule is CO[N+](=O)c1cc(-c2nc(SCC(=O)O)n[nH]2)cc(-c2cccc3[nH]ccc23)c1. The molecular weight excluding hydrogens is 394 g/mol. The normalized spacial score (nSPS) is 10.9. The maximum absolute atomic E-state index is 12.1. The summed E-state index contributed by atoms with van der Waals surface area (Å²) in [6.45, 7) is 0. The molecule has 0 fully saturated rings. The molecule has 0 unspecified atom stereocenters. The van der Waals surface area contributed by atoms with Crippen molar-refractivity contribution in [2.45, 2.75) is 5.16 Å². The number of rotatable bonds is 7. The van der Waals surface area contributed by atoms with E-state index in [4.69, 9.17) is 9.94 Å². The lowest BCUT2D eigenvalue weighted by atomic mass is 9.99. The number of aromatic amines is 2. The second-order valence-corrected chi connectivity index (χ2v) is 7.04. The van der Waals surface area contributed by atoms with Gasteiger partial charge in [-0.2, -0.15) is 0 Å². The standard InChI is InChI=1S/C19H15N5O4S/c1-28-24(27)13-8-11(14-3-2-4-16-15(14)5-6-20-16)7-12(9-13)18-21-19(23-22-18)29-10-17(25)26/h2-9,20H,10H2,1H3,(H-,21,22,23,25,26)/p+1. The fourth-order valence-electron chi connectivity index (χ4n) is 3.02. The van der Waals surface area contributed by atoms with Crippen molar-refractivity contribution in [3.63, 3.8) is 0 Å². The molecular formula is C19H16N5O4S+. The molecule has 0 aliphatic rings. The highest BCUT2D eigenvalue weighted by atomic mass is 32.2. The minimum absolute atomic E-state index is 0.143. The molecule has 0 bridgehead atoms. The summed E-state index contributed by atoms with van der Waals surface area (Å²) in [5.74, 6) is -0.671. The van der Waals surface area contributed by atoms with Crippen LogP contribution in [-0.4, -0.2) is 49.0 Å². The molecule has 2 aromatic heterocycles. The highest BCUT2D eigenvalue weighted by Gasteiger charge is 2.20. The van der Waals surface area contributed by atoms with Crippen molar-refractivity contribution in [2.75, 3.05) is 12.9 Å². The second-order valence-electron chi connectivity index (χ2n) is 6.10. The van der Waals surface area contributed by atoms with Gasteiger partial charge in [0.1, 0.15) is 0 Å². The maximum atomic E-state index is 12.1. The molecule has 10 heteroatoms. The van der Waals surface area contributed by atoms with Gasteiger partial charge in [-0.05, 0) is 29.3 Å². The predicted octanol–water partition coefficient (Wildman–Crippen LogP) is 3.77. The summed E-state index contributed by atoms with van der Waals surface area (Å²) in [5.41, 5.74) is 3.64. The van der Waals surface area contributed by atoms with E-state index in [1.54, 1.807) is 12.1 Å². The van der Waals surface area contributed by atoms with Gasteiger partial charge in [-0.25, -0.2) is 9.82 Å². The van der Waals surface area contributed by atoms with Gasteiger partial charge in [0.15, 0.2) is 12.9 Å². The van der Waals surface area contributed by atoms with E-state index in [0.717, 1.165) is 33.8 Å². The van der Waals surface area contributed by atoms with Crippen LogP contribution in [0.4, 0.5) is 5.69 Å². The lowest BCUT2D eigenvalue weighted by Gasteiger charge is -2.06. The van der Waals surface area contributed by atoms with Gasteiger partial charge in [0.05, 0.1) is 10.7 Å². The lowest BCUT2D eigenvalue weighted by Crippen LogP contribution is -1.99. The van der Waals surface area contributed by atoms with Crippen molar-refractivity contribution < 1.29 is 19.7 Å². The number of thioether (sulfide) groups is 1. The predicted molar refractivity (Wildman–Crippen MR) is 108 cm³/mol. The molecule has 9 nitrogen and oxygen atoms in total. The number of benzene rings is 2. The van der Waals surface area contributed by atoms with E-state index in [1.165, 1.54) is 7.11 Å². The molecule has 0 atom stereocenters. The first-order valence-electron chi connectivity index (χ1n) is 8.55. The van der Waals surface area contributed by atoms with E-state index >= 15 is 0 Å². The number of nitrogens with one attached hydrogen (secondary N) is 2. The minimum atomic E-state index is -0.952. The third-order valence-electron chi connectivity index (χ3n) is 4.26. The summed E-state index contributed by atoms with van der Waals surface area (Å²) in [6.07, 6.45) is 1.86. The van der Waals surface area contributed by atoms with Crippen LogP contribution in [0.2, 0.25) is 0 Å². The number of H-pyrrole nitrogens is 2. The molecule has 3 N–H and O–H groups in total. The summed E-state index contributed by atoms with van der Waals surface area (Å²) in [5, 5.41) is 17.0. The highest BCUT2D eigenvalue weighted by Crippen LogP contribution is 2.34. The first-order valence-corrected chi connectivity index (χ1v) is 9.54. The maximum Gasteiger partial charge on any atom is 0.318 e. The number of carbonyl (C=O) groups is 1. The smallest absolute Gasteiger partial charge is 0.318 e. The Bertz CT molecular complexity index is 1220. The highest BCUT2D eigenvalue weighted by molar-refractivity contribution is 7.99. The Labute approximate surface area is 168 Å². The molecule has 2 heterocycles. The zero-order valence-corrected chi connectivity index (χ0v) is 16.1. The molecule has 0 aliphatic heterocycles. The van der Waals surface area contributed by atoms with Crippen LogP contribution in [0, 0.1) is 4.91 Å². The molecule has 4 rings (SSSR count). The van der Waals surface area contributed by atoms with Gasteiger partial charge in [-0.3, -0.25) is 9.89 Å². The molecule has 4 aromatic rings. The number of hydrogen-bond donors (Lipinski definition) is 3. The fourth-order valence-corrected chi connectivity index (χ4v) is 3.54. The Morgan fingerprint density at radius 3 is 2.86 bits per heavy atom. The van der Waals surface area contributed by atoms with Crippen LogP contribution < -0.4 is 0 Å². The van der Waals surface area contributed by atoms with Gasteiger partial charge in [0.25, 0.3) is 4.92 Å². The fraction of sp³-hybridized carbons (Fsp3) is 0.105. The zero-order valence-electron chi connectivity index (χ0n) is 15.2. The number of aromatic nitrogens is 4. The molecule has 146 valence electrons. The minimum Gasteiger partial charge on any atom is -0.481 e. The Morgan fingerprint density at radius 2 is 2.07 bits per heavy atom. The van der Waals surface area contributed by atoms with E-state index < -0.39 is 5.97 Å². The summed E-state index contributed by atoms with van der Waals surface area (Å²) >= 11 is 1.01. The van der Waals surface area contributed by atoms with Gasteiger partial charge in [0, 0.05) is 34.8 Å². The number of aliphatic carboxylic acids is 1. The average molecular weight is 410 g/mol. The Morgan fingerprint density at radius 1 is 1.24 bits per heavy atom. The number of carboxylic acids is 1. The number of carboxylic acid groups (broad SMARTS) is 1. The molecule has 2 aromatic carbocycles. The van der Waals surface area contributed by atoms with Gasteiger partial charge in [0.2, 0.25) is 5.16 Å². The van der Waals surface area contributed by atoms with Crippen LogP contribution in [0.5, 0.6) is 0 Å². The van der Waals surface area contributed by atoms with Crippen molar-refractivity contribution in [3.8, 4) is 22.5 Å². The Balaban J connectivity index is 1.81. The second kappa shape index (κ2) is 7.76. The van der Waals surface area contributed by atoms with E-state index in [2.05, 4.69) is 20.2 Å². The summed E-state index contributed by atoms with van der Waals surface area (Å²) in [6, 6.07) is 13.1. The third-order valence-corrected chi connectivity index (χ3v) is 5.10. The van der Waals surface area contributed by atoms with Crippen molar-refractivity contribution in [1.82, 2.24) is 20.2 Å². The van der Waals surface area contributed by atoms with Crippen LogP contribution in [0.15, 0.2) is 53.8 Å². The number of nitrogens with zero attached hydrogens (tertiary/aromatic N) is 3. The van der Waals surface area contributed by atoms with Gasteiger partial charge in [-0.15, -0.1) is 5.10 Å². The van der Waals surface area contributed by atoms with E-state index in [1.807, 2.05) is 36.5 Å². The van der Waals surface area contributed by atoms with Crippen molar-refractivity contribution >= 4 is 34.3 Å². The summed E-state index contributed by atoms with van der Waals surface area (Å²) in [4.78, 5) is 35.6. The molecule has 0 spiro atoms. The Hall–Kier alpha value is -3.66. The van der Waals surface area contributed by atoms with Crippen LogP contribution in [0.1, 0.15) is 0 Å². The lowest BCUT2D eigenvalue weighted by molar-refractivity contribution is -0.736. The van der Waals surface area contributed by atoms with Gasteiger partial charge in [-0.1, -0.05) is 23.9 Å². The summed E-state index contributed by atoms with van der Waals surface area (Å²) < 4.78 is 0. The molecule has 0 radical (unpaired) electrons. The van der Waals surface area contributed by atoms with Crippen LogP contribution in [0.25, 0.3) is 33.4 Å². The van der Waals surface area contributed by atoms with Gasteiger partial charge < -0.3 is 10.1 Å². The van der Waals surface area contributed by atoms with Crippen molar-refractivity contribution in [1.29, 1.82) is 0 Å². The first kappa shape index (κ1) is 18.7. The number of hydrogen-bond acceptors (Lipinski definition) is 6. The topological polar surface area (TPSA) is 124 Å². The average Bonchev–Trinajstić information content (AvgIpc) is 3.40. The summed E-state index contributed by atoms with van der Waals surface area (Å²) in [7, 11) is 1.29. The van der Waals surface area contributed by atoms with E-state index in [-0.39, 0.29) is 5.75 Å². The van der Waals surface area contributed by atoms with Crippen molar-refractivity contribution in [2.24, 2.45) is 0 Å². The molecule has 0 amide bonds. The molecule has 0 saturated heterocycles. The number of fused-ring (bicyclic) bond motifs is 1. The van der Waals surface area contributed by atoms with Gasteiger partial charge >= 0.3 is 11.7 Å². The van der Waals surface area contributed by atoms with Crippen LogP contribution >= 0.6 is 11.8 Å². The molecule has 0 saturated carbocycles. The van der Waals surface area contributed by atoms with Crippen molar-refractivity contribution in [3.05, 3.63) is 53.6 Å². The quantitative estimate of drug-likeness (QED) is 0.313. The Kier molecular flexibility index (Phi) is 5.00. The van der Waals surface area contributed by atoms with Crippen LogP contribution in [0.3, 0.4) is 0 Å².